The van der Waals surface area contributed by atoms with Gasteiger partial charge in [-0.25, -0.2) is 4.98 Å². The Labute approximate surface area is 129 Å². The van der Waals surface area contributed by atoms with Crippen LogP contribution in [0.4, 0.5) is 0 Å². The maximum absolute atomic E-state index is 12.8. The Balaban J connectivity index is 1.82. The number of aryl methyl sites for hydroxylation is 1. The van der Waals surface area contributed by atoms with Crippen LogP contribution in [0.2, 0.25) is 0 Å². The van der Waals surface area contributed by atoms with Crippen molar-refractivity contribution >= 4 is 5.91 Å². The second-order valence-corrected chi connectivity index (χ2v) is 5.61. The number of likely N-dealkylation sites (tertiary alicyclic amines) is 1. The maximum atomic E-state index is 12.8. The molecular weight excluding hydrogens is 282 g/mol. The van der Waals surface area contributed by atoms with Crippen LogP contribution in [0.15, 0.2) is 12.1 Å². The predicted octanol–water partition coefficient (Wildman–Crippen LogP) is 1.63. The smallest absolute Gasteiger partial charge is 0.272 e. The van der Waals surface area contributed by atoms with Gasteiger partial charge in [-0.3, -0.25) is 4.79 Å². The van der Waals surface area contributed by atoms with Crippen molar-refractivity contribution in [3.05, 3.63) is 29.1 Å². The van der Waals surface area contributed by atoms with Crippen molar-refractivity contribution in [1.29, 1.82) is 5.26 Å². The summed E-state index contributed by atoms with van der Waals surface area (Å²) in [7, 11) is 0. The Kier molecular flexibility index (Phi) is 4.36. The van der Waals surface area contributed by atoms with E-state index in [2.05, 4.69) is 11.1 Å². The molecule has 1 aromatic heterocycles. The largest absolute Gasteiger partial charge is 0.348 e. The van der Waals surface area contributed by atoms with Crippen molar-refractivity contribution < 1.29 is 14.3 Å². The molecule has 2 aliphatic heterocycles. The van der Waals surface area contributed by atoms with Crippen LogP contribution >= 0.6 is 0 Å². The predicted molar refractivity (Wildman–Crippen MR) is 78.1 cm³/mol. The molecule has 116 valence electrons. The minimum Gasteiger partial charge on any atom is -0.348 e. The molecule has 0 bridgehead atoms. The van der Waals surface area contributed by atoms with E-state index in [0.29, 0.717) is 36.7 Å². The first-order valence-corrected chi connectivity index (χ1v) is 7.62. The number of nitrogens with zero attached hydrogens (tertiary/aromatic N) is 3. The molecule has 1 unspecified atom stereocenters. The fraction of sp³-hybridized carbons (Fsp3) is 0.562. The molecule has 0 aliphatic carbocycles. The fourth-order valence-electron chi connectivity index (χ4n) is 3.04. The van der Waals surface area contributed by atoms with Gasteiger partial charge >= 0.3 is 0 Å². The molecule has 22 heavy (non-hydrogen) atoms. The van der Waals surface area contributed by atoms with Gasteiger partial charge in [0.25, 0.3) is 5.91 Å². The number of amides is 1. The molecule has 6 heteroatoms. The molecule has 0 radical (unpaired) electrons. The van der Waals surface area contributed by atoms with Gasteiger partial charge in [-0.1, -0.05) is 0 Å². The number of hydrogen-bond donors (Lipinski definition) is 0. The first-order chi connectivity index (χ1) is 10.7. The van der Waals surface area contributed by atoms with Crippen LogP contribution in [0, 0.1) is 18.3 Å². The summed E-state index contributed by atoms with van der Waals surface area (Å²) in [6, 6.07) is 5.28. The maximum Gasteiger partial charge on any atom is 0.272 e. The van der Waals surface area contributed by atoms with Crippen molar-refractivity contribution in [2.75, 3.05) is 19.8 Å². The third kappa shape index (κ3) is 2.82. The number of piperidine rings is 1. The average molecular weight is 301 g/mol. The van der Waals surface area contributed by atoms with E-state index in [0.717, 1.165) is 19.3 Å². The zero-order valence-corrected chi connectivity index (χ0v) is 12.6. The number of aromatic nitrogens is 1. The summed E-state index contributed by atoms with van der Waals surface area (Å²) in [5.74, 6) is -0.114. The van der Waals surface area contributed by atoms with Crippen molar-refractivity contribution in [2.24, 2.45) is 0 Å². The summed E-state index contributed by atoms with van der Waals surface area (Å²) in [6.07, 6.45) is 2.59. The molecule has 3 heterocycles. The van der Waals surface area contributed by atoms with E-state index in [-0.39, 0.29) is 18.2 Å². The molecule has 1 amide bonds. The molecule has 2 aliphatic rings. The topological polar surface area (TPSA) is 75.5 Å². The molecule has 1 aromatic rings. The Morgan fingerprint density at radius 2 is 2.14 bits per heavy atom. The van der Waals surface area contributed by atoms with Gasteiger partial charge in [0.15, 0.2) is 6.29 Å². The van der Waals surface area contributed by atoms with Gasteiger partial charge in [-0.05, 0) is 38.3 Å². The van der Waals surface area contributed by atoms with Crippen LogP contribution in [0.25, 0.3) is 0 Å². The highest BCUT2D eigenvalue weighted by atomic mass is 16.7. The van der Waals surface area contributed by atoms with Gasteiger partial charge in [0, 0.05) is 6.54 Å². The molecule has 2 saturated heterocycles. The standard InChI is InChI=1S/C16H19N3O3/c1-11-12(10-17)5-6-13(18-11)15(20)19-7-3-2-4-14(19)16-21-8-9-22-16/h5-6,14,16H,2-4,7-9H2,1H3. The van der Waals surface area contributed by atoms with Crippen LogP contribution < -0.4 is 0 Å². The van der Waals surface area contributed by atoms with Gasteiger partial charge in [0.1, 0.15) is 11.8 Å². The van der Waals surface area contributed by atoms with Crippen molar-refractivity contribution in [3.8, 4) is 6.07 Å². The van der Waals surface area contributed by atoms with E-state index in [1.807, 2.05) is 4.90 Å². The van der Waals surface area contributed by atoms with Crippen LogP contribution in [-0.4, -0.2) is 47.9 Å². The Morgan fingerprint density at radius 1 is 1.36 bits per heavy atom. The fourth-order valence-corrected chi connectivity index (χ4v) is 3.04. The SMILES string of the molecule is Cc1nc(C(=O)N2CCCCC2C2OCCO2)ccc1C#N. The quantitative estimate of drug-likeness (QED) is 0.830. The average Bonchev–Trinajstić information content (AvgIpc) is 3.08. The molecule has 6 nitrogen and oxygen atoms in total. The first kappa shape index (κ1) is 14.9. The van der Waals surface area contributed by atoms with Gasteiger partial charge in [-0.15, -0.1) is 0 Å². The number of carbonyl (C=O) groups excluding carboxylic acids is 1. The highest BCUT2D eigenvalue weighted by Crippen LogP contribution is 2.25. The first-order valence-electron chi connectivity index (χ1n) is 7.62. The molecule has 0 N–H and O–H groups in total. The third-order valence-corrected chi connectivity index (χ3v) is 4.20. The van der Waals surface area contributed by atoms with Crippen LogP contribution in [-0.2, 0) is 9.47 Å². The number of carbonyl (C=O) groups is 1. The molecule has 0 spiro atoms. The van der Waals surface area contributed by atoms with E-state index in [9.17, 15) is 4.79 Å². The molecular formula is C16H19N3O3. The lowest BCUT2D eigenvalue weighted by Gasteiger charge is -2.37. The summed E-state index contributed by atoms with van der Waals surface area (Å²) in [6.45, 7) is 3.59. The van der Waals surface area contributed by atoms with Crippen molar-refractivity contribution in [2.45, 2.75) is 38.5 Å². The van der Waals surface area contributed by atoms with Gasteiger partial charge in [-0.2, -0.15) is 5.26 Å². The van der Waals surface area contributed by atoms with Gasteiger partial charge in [0.05, 0.1) is 30.5 Å². The second-order valence-electron chi connectivity index (χ2n) is 5.61. The minimum absolute atomic E-state index is 0.0542. The molecule has 3 rings (SSSR count). The van der Waals surface area contributed by atoms with Crippen LogP contribution in [0.3, 0.4) is 0 Å². The third-order valence-electron chi connectivity index (χ3n) is 4.20. The van der Waals surface area contributed by atoms with Crippen LogP contribution in [0.5, 0.6) is 0 Å². The molecule has 2 fully saturated rings. The summed E-state index contributed by atoms with van der Waals surface area (Å²) in [5, 5.41) is 8.96. The Morgan fingerprint density at radius 3 is 2.82 bits per heavy atom. The highest BCUT2D eigenvalue weighted by Gasteiger charge is 2.36. The normalized spacial score (nSPS) is 22.5. The summed E-state index contributed by atoms with van der Waals surface area (Å²) in [5.41, 5.74) is 1.45. The summed E-state index contributed by atoms with van der Waals surface area (Å²) >= 11 is 0. The molecule has 0 aromatic carbocycles. The molecule has 1 atom stereocenters. The number of hydrogen-bond acceptors (Lipinski definition) is 5. The molecule has 0 saturated carbocycles. The zero-order valence-electron chi connectivity index (χ0n) is 12.6. The van der Waals surface area contributed by atoms with E-state index < -0.39 is 0 Å². The zero-order chi connectivity index (χ0) is 15.5. The number of rotatable bonds is 2. The minimum atomic E-state index is -0.330. The number of ether oxygens (including phenoxy) is 2. The second kappa shape index (κ2) is 6.42. The lowest BCUT2D eigenvalue weighted by Crippen LogP contribution is -2.50. The Hall–Kier alpha value is -1.97. The lowest BCUT2D eigenvalue weighted by molar-refractivity contribution is -0.100. The Bertz CT molecular complexity index is 605. The van der Waals surface area contributed by atoms with Crippen molar-refractivity contribution in [1.82, 2.24) is 9.88 Å². The lowest BCUT2D eigenvalue weighted by atomic mass is 10.0. The monoisotopic (exact) mass is 301 g/mol. The van der Waals surface area contributed by atoms with E-state index >= 15 is 0 Å². The summed E-state index contributed by atoms with van der Waals surface area (Å²) < 4.78 is 11.2. The van der Waals surface area contributed by atoms with E-state index in [4.69, 9.17) is 14.7 Å². The number of pyridine rings is 1. The van der Waals surface area contributed by atoms with E-state index in [1.165, 1.54) is 0 Å². The van der Waals surface area contributed by atoms with Gasteiger partial charge in [0.2, 0.25) is 0 Å². The van der Waals surface area contributed by atoms with Crippen LogP contribution in [0.1, 0.15) is 41.0 Å². The van der Waals surface area contributed by atoms with Gasteiger partial charge < -0.3 is 14.4 Å². The van der Waals surface area contributed by atoms with E-state index in [1.54, 1.807) is 19.1 Å². The van der Waals surface area contributed by atoms with Crippen molar-refractivity contribution in [3.63, 3.8) is 0 Å². The summed E-state index contributed by atoms with van der Waals surface area (Å²) in [4.78, 5) is 18.9. The highest BCUT2D eigenvalue weighted by molar-refractivity contribution is 5.92. The number of nitriles is 1.